The van der Waals surface area contributed by atoms with Gasteiger partial charge in [-0.3, -0.25) is 4.79 Å². The third-order valence-electron chi connectivity index (χ3n) is 6.41. The Hall–Kier alpha value is -3.98. The lowest BCUT2D eigenvalue weighted by atomic mass is 10.1. The fraction of sp³-hybridized carbons (Fsp3) is 0.296. The van der Waals surface area contributed by atoms with E-state index in [-0.39, 0.29) is 17.4 Å². The average Bonchev–Trinajstić information content (AvgIpc) is 3.53. The Labute approximate surface area is 211 Å². The summed E-state index contributed by atoms with van der Waals surface area (Å²) in [5, 5.41) is 2.91. The largest absolute Gasteiger partial charge is 0.369 e. The highest BCUT2D eigenvalue weighted by molar-refractivity contribution is 6.03. The summed E-state index contributed by atoms with van der Waals surface area (Å²) in [6, 6.07) is 12.8. The first-order chi connectivity index (χ1) is 17.7. The van der Waals surface area contributed by atoms with Crippen LogP contribution in [0.4, 0.5) is 15.8 Å². The highest BCUT2D eigenvalue weighted by Gasteiger charge is 2.21. The highest BCUT2D eigenvalue weighted by atomic mass is 19.1. The number of carbonyl (C=O) groups excluding carboxylic acids is 1. The molecule has 1 amide bonds. The topological polar surface area (TPSA) is 82.1 Å². The average molecular weight is 489 g/mol. The first-order valence-electron chi connectivity index (χ1n) is 12.4. The number of aromatic nitrogens is 4. The Morgan fingerprint density at radius 3 is 2.42 bits per heavy atom. The van der Waals surface area contributed by atoms with E-state index >= 15 is 0 Å². The standard InChI is InChI=1S/C27H30FN7O/c1-18(2)35-17-30-24(19-4-6-20(28)7-5-19)25(35)26-29-16-23(32-26)27(36)31-21-8-10-22(11-9-21)34-14-12-33(3)13-15-34/h4-11,16-18H,12-15H2,1-3H3,(H,29,32)(H,31,36)/i18D. The molecule has 1 fully saturated rings. The van der Waals surface area contributed by atoms with Crippen LogP contribution in [0.3, 0.4) is 0 Å². The van der Waals surface area contributed by atoms with Crippen molar-refractivity contribution in [1.29, 1.82) is 0 Å². The Morgan fingerprint density at radius 2 is 1.75 bits per heavy atom. The number of H-pyrrole nitrogens is 1. The summed E-state index contributed by atoms with van der Waals surface area (Å²) in [6.07, 6.45) is 3.03. The molecule has 186 valence electrons. The maximum absolute atomic E-state index is 13.5. The van der Waals surface area contributed by atoms with Gasteiger partial charge in [0, 0.05) is 49.1 Å². The number of imidazole rings is 2. The van der Waals surface area contributed by atoms with Crippen molar-refractivity contribution in [2.75, 3.05) is 43.4 Å². The number of halogens is 1. The van der Waals surface area contributed by atoms with Gasteiger partial charge in [-0.15, -0.1) is 0 Å². The van der Waals surface area contributed by atoms with Gasteiger partial charge in [-0.25, -0.2) is 14.4 Å². The number of piperazine rings is 1. The number of hydrogen-bond donors (Lipinski definition) is 2. The zero-order valence-electron chi connectivity index (χ0n) is 21.6. The number of amides is 1. The zero-order chi connectivity index (χ0) is 26.2. The van der Waals surface area contributed by atoms with Gasteiger partial charge in [-0.05, 0) is 69.4 Å². The maximum Gasteiger partial charge on any atom is 0.273 e. The first-order valence-corrected chi connectivity index (χ1v) is 11.9. The van der Waals surface area contributed by atoms with E-state index in [4.69, 9.17) is 1.37 Å². The predicted molar refractivity (Wildman–Crippen MR) is 140 cm³/mol. The van der Waals surface area contributed by atoms with E-state index in [9.17, 15) is 9.18 Å². The van der Waals surface area contributed by atoms with Crippen LogP contribution < -0.4 is 10.2 Å². The molecular weight excluding hydrogens is 457 g/mol. The van der Waals surface area contributed by atoms with Gasteiger partial charge in [0.1, 0.15) is 17.2 Å². The lowest BCUT2D eigenvalue weighted by Crippen LogP contribution is -2.44. The SMILES string of the molecule is [2H]C(C)(C)n1cnc(-c2ccc(F)cc2)c1-c1ncc(C(=O)Nc2ccc(N3CCN(C)CC3)cc2)[nH]1. The van der Waals surface area contributed by atoms with Crippen molar-refractivity contribution in [2.24, 2.45) is 0 Å². The van der Waals surface area contributed by atoms with Gasteiger partial charge < -0.3 is 24.7 Å². The Bertz CT molecular complexity index is 1380. The fourth-order valence-corrected chi connectivity index (χ4v) is 4.31. The molecule has 9 heteroatoms. The van der Waals surface area contributed by atoms with Crippen LogP contribution in [-0.2, 0) is 0 Å². The predicted octanol–water partition coefficient (Wildman–Crippen LogP) is 4.66. The molecule has 2 aromatic heterocycles. The molecule has 0 bridgehead atoms. The molecule has 0 atom stereocenters. The summed E-state index contributed by atoms with van der Waals surface area (Å²) in [5.41, 5.74) is 3.86. The number of aromatic amines is 1. The molecule has 4 aromatic rings. The van der Waals surface area contributed by atoms with E-state index in [1.807, 2.05) is 24.3 Å². The minimum absolute atomic E-state index is 0.277. The smallest absolute Gasteiger partial charge is 0.273 e. The number of hydrogen-bond acceptors (Lipinski definition) is 5. The van der Waals surface area contributed by atoms with E-state index in [1.165, 1.54) is 18.3 Å². The van der Waals surface area contributed by atoms with Gasteiger partial charge in [0.15, 0.2) is 5.82 Å². The van der Waals surface area contributed by atoms with Crippen molar-refractivity contribution in [3.63, 3.8) is 0 Å². The summed E-state index contributed by atoms with van der Waals surface area (Å²) < 4.78 is 23.7. The van der Waals surface area contributed by atoms with Crippen LogP contribution in [0.25, 0.3) is 22.8 Å². The van der Waals surface area contributed by atoms with Crippen LogP contribution in [0, 0.1) is 5.82 Å². The van der Waals surface area contributed by atoms with Gasteiger partial charge in [-0.1, -0.05) is 0 Å². The summed E-state index contributed by atoms with van der Waals surface area (Å²) >= 11 is 0. The fourth-order valence-electron chi connectivity index (χ4n) is 4.31. The zero-order valence-corrected chi connectivity index (χ0v) is 20.6. The van der Waals surface area contributed by atoms with E-state index in [0.29, 0.717) is 28.5 Å². The molecule has 0 aliphatic carbocycles. The van der Waals surface area contributed by atoms with Crippen molar-refractivity contribution in [2.45, 2.75) is 19.9 Å². The number of nitrogens with one attached hydrogen (secondary N) is 2. The molecule has 2 N–H and O–H groups in total. The van der Waals surface area contributed by atoms with E-state index in [0.717, 1.165) is 31.9 Å². The molecule has 0 radical (unpaired) electrons. The normalized spacial score (nSPS) is 15.1. The molecule has 1 aliphatic rings. The van der Waals surface area contributed by atoms with Crippen LogP contribution in [0.5, 0.6) is 0 Å². The van der Waals surface area contributed by atoms with Crippen LogP contribution in [0.15, 0.2) is 61.1 Å². The molecule has 3 heterocycles. The number of nitrogens with zero attached hydrogens (tertiary/aromatic N) is 5. The van der Waals surface area contributed by atoms with Crippen LogP contribution in [-0.4, -0.2) is 63.6 Å². The molecule has 5 rings (SSSR count). The minimum atomic E-state index is -1.04. The summed E-state index contributed by atoms with van der Waals surface area (Å²) in [7, 11) is 2.13. The quantitative estimate of drug-likeness (QED) is 0.412. The van der Waals surface area contributed by atoms with E-state index in [1.54, 1.807) is 36.9 Å². The van der Waals surface area contributed by atoms with Crippen LogP contribution in [0.1, 0.15) is 31.7 Å². The second kappa shape index (κ2) is 9.94. The molecule has 0 unspecified atom stereocenters. The van der Waals surface area contributed by atoms with Crippen molar-refractivity contribution in [3.05, 3.63) is 72.6 Å². The first kappa shape index (κ1) is 22.5. The van der Waals surface area contributed by atoms with Gasteiger partial charge in [0.05, 0.1) is 19.6 Å². The number of rotatable bonds is 6. The Balaban J connectivity index is 1.37. The van der Waals surface area contributed by atoms with Crippen LogP contribution >= 0.6 is 0 Å². The van der Waals surface area contributed by atoms with Gasteiger partial charge in [0.2, 0.25) is 0 Å². The van der Waals surface area contributed by atoms with Gasteiger partial charge in [-0.2, -0.15) is 0 Å². The number of anilines is 2. The molecule has 8 nitrogen and oxygen atoms in total. The van der Waals surface area contributed by atoms with Crippen molar-refractivity contribution in [3.8, 4) is 22.8 Å². The molecule has 36 heavy (non-hydrogen) atoms. The molecule has 2 aromatic carbocycles. The third kappa shape index (κ3) is 4.87. The number of benzene rings is 2. The molecular formula is C27H30FN7O. The molecule has 0 saturated carbocycles. The second-order valence-corrected chi connectivity index (χ2v) is 9.20. The molecule has 1 saturated heterocycles. The maximum atomic E-state index is 13.5. The van der Waals surface area contributed by atoms with Crippen LogP contribution in [0.2, 0.25) is 0 Å². The van der Waals surface area contributed by atoms with E-state index < -0.39 is 6.02 Å². The lowest BCUT2D eigenvalue weighted by molar-refractivity contribution is 0.102. The van der Waals surface area contributed by atoms with Crippen molar-refractivity contribution >= 4 is 17.3 Å². The monoisotopic (exact) mass is 488 g/mol. The molecule has 0 spiro atoms. The summed E-state index contributed by atoms with van der Waals surface area (Å²) in [5.74, 6) is -0.280. The number of carbonyl (C=O) groups is 1. The van der Waals surface area contributed by atoms with Crippen molar-refractivity contribution in [1.82, 2.24) is 24.4 Å². The Morgan fingerprint density at radius 1 is 1.06 bits per heavy atom. The lowest BCUT2D eigenvalue weighted by Gasteiger charge is -2.34. The summed E-state index contributed by atoms with van der Waals surface area (Å²) in [4.78, 5) is 29.6. The molecule has 1 aliphatic heterocycles. The van der Waals surface area contributed by atoms with Gasteiger partial charge in [0.25, 0.3) is 5.91 Å². The third-order valence-corrected chi connectivity index (χ3v) is 6.41. The highest BCUT2D eigenvalue weighted by Crippen LogP contribution is 2.32. The van der Waals surface area contributed by atoms with Crippen molar-refractivity contribution < 1.29 is 10.6 Å². The summed E-state index contributed by atoms with van der Waals surface area (Å²) in [6.45, 7) is 7.47. The minimum Gasteiger partial charge on any atom is -0.369 e. The second-order valence-electron chi connectivity index (χ2n) is 9.20. The van der Waals surface area contributed by atoms with E-state index in [2.05, 4.69) is 37.1 Å². The van der Waals surface area contributed by atoms with Gasteiger partial charge >= 0.3 is 0 Å². The Kier molecular flexibility index (Phi) is 6.21. The number of likely N-dealkylation sites (N-methyl/N-ethyl adjacent to an activating group) is 1.